The Morgan fingerprint density at radius 3 is 2.23 bits per heavy atom. The van der Waals surface area contributed by atoms with Gasteiger partial charge in [-0.1, -0.05) is 51.1 Å². The van der Waals surface area contributed by atoms with Crippen molar-refractivity contribution in [3.05, 3.63) is 71.0 Å². The van der Waals surface area contributed by atoms with Crippen LogP contribution in [0, 0.1) is 5.92 Å². The van der Waals surface area contributed by atoms with Gasteiger partial charge < -0.3 is 14.2 Å². The zero-order valence-corrected chi connectivity index (χ0v) is 19.0. The molecule has 0 N–H and O–H groups in total. The van der Waals surface area contributed by atoms with Gasteiger partial charge in [0.1, 0.15) is 5.76 Å². The van der Waals surface area contributed by atoms with Crippen LogP contribution >= 0.6 is 0 Å². The fraction of sp³-hybridized carbons (Fsp3) is 0.520. The van der Waals surface area contributed by atoms with Crippen molar-refractivity contribution in [3.63, 3.8) is 0 Å². The molecule has 0 radical (unpaired) electrons. The van der Waals surface area contributed by atoms with E-state index in [1.54, 1.807) is 6.92 Å². The van der Waals surface area contributed by atoms with Crippen LogP contribution in [0.15, 0.2) is 59.9 Å². The predicted octanol–water partition coefficient (Wildman–Crippen LogP) is 7.19. The number of benzene rings is 1. The summed E-state index contributed by atoms with van der Waals surface area (Å²) in [4.78, 5) is 0. The van der Waals surface area contributed by atoms with Crippen LogP contribution in [0.25, 0.3) is 0 Å². The van der Waals surface area contributed by atoms with E-state index in [4.69, 9.17) is 14.2 Å². The summed E-state index contributed by atoms with van der Waals surface area (Å²) in [5.74, 6) is -1.87. The lowest BCUT2D eigenvalue weighted by molar-refractivity contribution is -0.142. The Hall–Kier alpha value is -1.98. The molecule has 1 aliphatic carbocycles. The number of rotatable bonds is 11. The number of aryl methyl sites for hydroxylation is 1. The number of hydrogen-bond acceptors (Lipinski definition) is 3. The van der Waals surface area contributed by atoms with E-state index in [0.29, 0.717) is 25.0 Å². The number of halogens is 2. The second kappa shape index (κ2) is 14.1. The number of ether oxygens (including phenoxy) is 3. The van der Waals surface area contributed by atoms with E-state index >= 15 is 0 Å². The summed E-state index contributed by atoms with van der Waals surface area (Å²) < 4.78 is 44.4. The summed E-state index contributed by atoms with van der Waals surface area (Å²) in [6.07, 6.45) is 4.21. The van der Waals surface area contributed by atoms with Crippen LogP contribution in [0.2, 0.25) is 0 Å². The first-order valence-electron chi connectivity index (χ1n) is 10.7. The summed E-state index contributed by atoms with van der Waals surface area (Å²) in [6, 6.07) is 8.26. The Bertz CT molecular complexity index is 708. The van der Waals surface area contributed by atoms with Gasteiger partial charge in [-0.05, 0) is 42.9 Å². The molecule has 0 aliphatic heterocycles. The fourth-order valence-corrected chi connectivity index (χ4v) is 3.10. The summed E-state index contributed by atoms with van der Waals surface area (Å²) in [5.41, 5.74) is 2.76. The second-order valence-corrected chi connectivity index (χ2v) is 7.04. The molecule has 1 aromatic carbocycles. The van der Waals surface area contributed by atoms with Gasteiger partial charge in [0, 0.05) is 12.3 Å². The van der Waals surface area contributed by atoms with Crippen molar-refractivity contribution in [2.45, 2.75) is 66.3 Å². The maximum atomic E-state index is 14.2. The standard InChI is InChI=1S/C23H30F2O3.C2H6/c1-5-6-7-18-8-10-19(11-9-18)15-28-17(3)27-14-16(2)20-12-13-21(26-4)23(25)22(20)24;1-2/h5,8-11,16-17H,1,6-7,12-15H2,2-4H3;1-2H3. The number of hydrogen-bond donors (Lipinski definition) is 0. The zero-order valence-electron chi connectivity index (χ0n) is 19.0. The minimum absolute atomic E-state index is 0.0709. The van der Waals surface area contributed by atoms with Crippen molar-refractivity contribution in [1.29, 1.82) is 0 Å². The molecule has 0 aromatic heterocycles. The Morgan fingerprint density at radius 2 is 1.63 bits per heavy atom. The topological polar surface area (TPSA) is 27.7 Å². The monoisotopic (exact) mass is 422 g/mol. The van der Waals surface area contributed by atoms with Crippen molar-refractivity contribution in [3.8, 4) is 0 Å². The zero-order chi connectivity index (χ0) is 22.5. The summed E-state index contributed by atoms with van der Waals surface area (Å²) in [6.45, 7) is 12.1. The predicted molar refractivity (Wildman–Crippen MR) is 118 cm³/mol. The van der Waals surface area contributed by atoms with Gasteiger partial charge in [0.2, 0.25) is 0 Å². The lowest BCUT2D eigenvalue weighted by atomic mass is 9.92. The normalized spacial score (nSPS) is 16.0. The molecule has 1 aliphatic rings. The molecule has 2 atom stereocenters. The molecule has 0 spiro atoms. The van der Waals surface area contributed by atoms with E-state index in [9.17, 15) is 8.78 Å². The molecular formula is C25H36F2O3. The molecule has 0 amide bonds. The van der Waals surface area contributed by atoms with Gasteiger partial charge in [-0.3, -0.25) is 0 Å². The molecule has 2 rings (SSSR count). The van der Waals surface area contributed by atoms with Crippen molar-refractivity contribution >= 4 is 0 Å². The quantitative estimate of drug-likeness (QED) is 0.279. The second-order valence-electron chi connectivity index (χ2n) is 7.04. The summed E-state index contributed by atoms with van der Waals surface area (Å²) in [7, 11) is 1.35. The third-order valence-corrected chi connectivity index (χ3v) is 4.91. The largest absolute Gasteiger partial charge is 0.498 e. The lowest BCUT2D eigenvalue weighted by Crippen LogP contribution is -2.20. The highest BCUT2D eigenvalue weighted by atomic mass is 19.2. The van der Waals surface area contributed by atoms with Gasteiger partial charge in [-0.15, -0.1) is 6.58 Å². The SMILES string of the molecule is C=CCCc1ccc(COC(C)OCC(C)C2=C(F)C(F)=C(OC)CC2)cc1.CC. The van der Waals surface area contributed by atoms with Crippen LogP contribution in [0.4, 0.5) is 8.78 Å². The number of methoxy groups -OCH3 is 1. The Kier molecular flexibility index (Phi) is 12.2. The van der Waals surface area contributed by atoms with E-state index in [-0.39, 0.29) is 18.3 Å². The molecule has 1 aromatic rings. The van der Waals surface area contributed by atoms with Crippen molar-refractivity contribution in [1.82, 2.24) is 0 Å². The fourth-order valence-electron chi connectivity index (χ4n) is 3.10. The molecular weight excluding hydrogens is 386 g/mol. The molecule has 168 valence electrons. The van der Waals surface area contributed by atoms with E-state index in [1.165, 1.54) is 12.7 Å². The average molecular weight is 423 g/mol. The third kappa shape index (κ3) is 8.04. The van der Waals surface area contributed by atoms with Gasteiger partial charge in [0.15, 0.2) is 17.9 Å². The average Bonchev–Trinajstić information content (AvgIpc) is 2.78. The van der Waals surface area contributed by atoms with Crippen molar-refractivity contribution in [2.24, 2.45) is 5.92 Å². The molecule has 0 heterocycles. The van der Waals surface area contributed by atoms with Gasteiger partial charge in [0.05, 0.1) is 20.3 Å². The summed E-state index contributed by atoms with van der Waals surface area (Å²) in [5, 5.41) is 0. The Balaban J connectivity index is 0.00000218. The van der Waals surface area contributed by atoms with Crippen molar-refractivity contribution in [2.75, 3.05) is 13.7 Å². The molecule has 0 fully saturated rings. The molecule has 0 saturated heterocycles. The van der Waals surface area contributed by atoms with Gasteiger partial charge in [-0.25, -0.2) is 8.78 Å². The molecule has 5 heteroatoms. The highest BCUT2D eigenvalue weighted by molar-refractivity contribution is 5.33. The third-order valence-electron chi connectivity index (χ3n) is 4.91. The molecule has 2 unspecified atom stereocenters. The minimum atomic E-state index is -0.892. The Labute approximate surface area is 180 Å². The maximum Gasteiger partial charge on any atom is 0.196 e. The lowest BCUT2D eigenvalue weighted by Gasteiger charge is -2.23. The van der Waals surface area contributed by atoms with Crippen LogP contribution < -0.4 is 0 Å². The van der Waals surface area contributed by atoms with E-state index in [2.05, 4.69) is 18.7 Å². The summed E-state index contributed by atoms with van der Waals surface area (Å²) >= 11 is 0. The molecule has 0 bridgehead atoms. The number of allylic oxidation sites excluding steroid dienone is 4. The Morgan fingerprint density at radius 1 is 1.00 bits per heavy atom. The van der Waals surface area contributed by atoms with Gasteiger partial charge >= 0.3 is 0 Å². The minimum Gasteiger partial charge on any atom is -0.498 e. The highest BCUT2D eigenvalue weighted by Gasteiger charge is 2.26. The first-order chi connectivity index (χ1) is 14.5. The van der Waals surface area contributed by atoms with Gasteiger partial charge in [-0.2, -0.15) is 0 Å². The smallest absolute Gasteiger partial charge is 0.196 e. The first kappa shape index (κ1) is 26.1. The van der Waals surface area contributed by atoms with Gasteiger partial charge in [0.25, 0.3) is 0 Å². The molecule has 0 saturated carbocycles. The molecule has 3 nitrogen and oxygen atoms in total. The van der Waals surface area contributed by atoms with Crippen LogP contribution in [0.5, 0.6) is 0 Å². The maximum absolute atomic E-state index is 14.2. The van der Waals surface area contributed by atoms with Crippen LogP contribution in [-0.2, 0) is 27.2 Å². The van der Waals surface area contributed by atoms with Crippen LogP contribution in [-0.4, -0.2) is 20.0 Å². The van der Waals surface area contributed by atoms with Crippen LogP contribution in [0.3, 0.4) is 0 Å². The van der Waals surface area contributed by atoms with E-state index < -0.39 is 17.9 Å². The van der Waals surface area contributed by atoms with E-state index in [1.807, 2.05) is 39.0 Å². The molecule has 30 heavy (non-hydrogen) atoms. The van der Waals surface area contributed by atoms with Crippen LogP contribution in [0.1, 0.15) is 58.1 Å². The highest BCUT2D eigenvalue weighted by Crippen LogP contribution is 2.36. The van der Waals surface area contributed by atoms with E-state index in [0.717, 1.165) is 18.4 Å². The first-order valence-corrected chi connectivity index (χ1v) is 10.7. The van der Waals surface area contributed by atoms with Crippen molar-refractivity contribution < 1.29 is 23.0 Å².